The van der Waals surface area contributed by atoms with Gasteiger partial charge in [0.05, 0.1) is 45.2 Å². The van der Waals surface area contributed by atoms with Crippen molar-refractivity contribution in [3.05, 3.63) is 69.8 Å². The number of ether oxygens (including phenoxy) is 6. The number of rotatable bonds is 31. The zero-order chi connectivity index (χ0) is 47.9. The lowest BCUT2D eigenvalue weighted by Gasteiger charge is -2.20. The van der Waals surface area contributed by atoms with Crippen molar-refractivity contribution in [2.24, 2.45) is 35.5 Å². The smallest absolute Gasteiger partial charge is 0.255 e. The van der Waals surface area contributed by atoms with Gasteiger partial charge >= 0.3 is 0 Å². The first kappa shape index (κ1) is 54.7. The van der Waals surface area contributed by atoms with Gasteiger partial charge in [0.25, 0.3) is 5.91 Å². The molecule has 65 heavy (non-hydrogen) atoms. The first-order valence-corrected chi connectivity index (χ1v) is 25.1. The van der Waals surface area contributed by atoms with E-state index in [0.717, 1.165) is 95.8 Å². The second kappa shape index (κ2) is 29.1. The van der Waals surface area contributed by atoms with Crippen molar-refractivity contribution in [3.63, 3.8) is 0 Å². The second-order valence-corrected chi connectivity index (χ2v) is 18.8. The van der Waals surface area contributed by atoms with Gasteiger partial charge in [-0.1, -0.05) is 153 Å². The number of aryl methyl sites for hydroxylation is 1. The summed E-state index contributed by atoms with van der Waals surface area (Å²) in [5.74, 6) is 6.46. The molecule has 0 aliphatic heterocycles. The summed E-state index contributed by atoms with van der Waals surface area (Å²) in [5.41, 5.74) is 5.06. The number of benzene rings is 3. The van der Waals surface area contributed by atoms with Gasteiger partial charge in [0, 0.05) is 28.8 Å². The van der Waals surface area contributed by atoms with Crippen LogP contribution in [-0.4, -0.2) is 52.1 Å². The molecule has 0 aromatic heterocycles. The van der Waals surface area contributed by atoms with Crippen molar-refractivity contribution >= 4 is 30.2 Å². The summed E-state index contributed by atoms with van der Waals surface area (Å²) < 4.78 is 39.2. The molecule has 0 saturated carbocycles. The summed E-state index contributed by atoms with van der Waals surface area (Å²) in [6.45, 7) is 34.4. The Kier molecular flexibility index (Phi) is 24.5. The first-order chi connectivity index (χ1) is 31.2. The average molecular weight is 898 g/mol. The van der Waals surface area contributed by atoms with E-state index in [1.807, 2.05) is 25.1 Å². The van der Waals surface area contributed by atoms with Crippen molar-refractivity contribution in [3.8, 4) is 34.5 Å². The summed E-state index contributed by atoms with van der Waals surface area (Å²) in [6.07, 6.45) is 15.2. The van der Waals surface area contributed by atoms with Crippen LogP contribution >= 0.6 is 0 Å². The van der Waals surface area contributed by atoms with Crippen LogP contribution in [-0.2, 0) is 0 Å². The molecule has 1 amide bonds. The maximum absolute atomic E-state index is 13.6. The SMILES string of the molecule is CCCNC(=O)c1cc(OC[C@@H](C)CC)c(/C=C/c2cc(OC[C@@H](C)CC)c(/C=C/c3cc(OC[C@@H](C)CC)c(C)cc3OC[C@@H](C)CC)cc2OC[C@@H](C)CC)cc1OC[C@@H](C)CC. The third kappa shape index (κ3) is 18.3. The minimum Gasteiger partial charge on any atom is -0.493 e. The van der Waals surface area contributed by atoms with Crippen LogP contribution < -0.4 is 33.7 Å². The first-order valence-electron chi connectivity index (χ1n) is 25.1. The number of hydrogen-bond donors (Lipinski definition) is 1. The monoisotopic (exact) mass is 898 g/mol. The Morgan fingerprint density at radius 3 is 1.05 bits per heavy atom. The summed E-state index contributed by atoms with van der Waals surface area (Å²) in [5, 5.41) is 3.05. The lowest BCUT2D eigenvalue weighted by atomic mass is 10.0. The Bertz CT molecular complexity index is 1930. The molecular weight excluding hydrogens is 811 g/mol. The highest BCUT2D eigenvalue weighted by Crippen LogP contribution is 2.37. The molecule has 0 aliphatic rings. The predicted molar refractivity (Wildman–Crippen MR) is 274 cm³/mol. The standard InChI is InChI=1S/C57H87NO7/c1-15-26-58-57(59)50-32-55(64-37-43(12)20-6)49(31-56(50)65-38-44(13)21-7)25-24-48-30-53(62-35-41(10)18-4)47(29-54(48)63-36-42(11)19-5)23-22-46-28-51(60-33-39(8)16-2)45(14)27-52(46)61-34-40(9)17-3/h22-25,27-32,39-44H,15-21,26,33-38H2,1-14H3,(H,58,59)/b23-22+,25-24+/t39-,40-,41-,42-,43-,44-/m0/s1. The minimum atomic E-state index is -0.169. The fourth-order valence-electron chi connectivity index (χ4n) is 6.11. The molecular formula is C57H87NO7. The third-order valence-electron chi connectivity index (χ3n) is 12.5. The topological polar surface area (TPSA) is 84.5 Å². The Hall–Kier alpha value is -4.59. The van der Waals surface area contributed by atoms with Gasteiger partial charge in [0.2, 0.25) is 0 Å². The molecule has 3 aromatic rings. The molecule has 0 spiro atoms. The van der Waals surface area contributed by atoms with E-state index in [1.165, 1.54) is 0 Å². The average Bonchev–Trinajstić information content (AvgIpc) is 3.32. The van der Waals surface area contributed by atoms with Gasteiger partial charge < -0.3 is 33.7 Å². The van der Waals surface area contributed by atoms with Crippen LogP contribution in [0.4, 0.5) is 0 Å². The molecule has 0 radical (unpaired) electrons. The van der Waals surface area contributed by atoms with Crippen LogP contribution in [0.1, 0.15) is 173 Å². The van der Waals surface area contributed by atoms with Gasteiger partial charge in [0.15, 0.2) is 0 Å². The molecule has 0 unspecified atom stereocenters. The second-order valence-electron chi connectivity index (χ2n) is 18.8. The zero-order valence-electron chi connectivity index (χ0n) is 43.0. The fraction of sp³-hybridized carbons (Fsp3) is 0.596. The van der Waals surface area contributed by atoms with Gasteiger partial charge in [-0.25, -0.2) is 0 Å². The van der Waals surface area contributed by atoms with E-state index < -0.39 is 0 Å². The Labute approximate surface area is 395 Å². The normalized spacial score (nSPS) is 14.4. The van der Waals surface area contributed by atoms with Crippen LogP contribution in [0.15, 0.2) is 36.4 Å². The Balaban J connectivity index is 2.29. The number of carbonyl (C=O) groups excluding carboxylic acids is 1. The molecule has 3 aromatic carbocycles. The summed E-state index contributed by atoms with van der Waals surface area (Å²) in [6, 6.07) is 12.2. The van der Waals surface area contributed by atoms with Crippen molar-refractivity contribution in [2.75, 3.05) is 46.2 Å². The van der Waals surface area contributed by atoms with E-state index in [-0.39, 0.29) is 5.91 Å². The van der Waals surface area contributed by atoms with Crippen LogP contribution in [0.3, 0.4) is 0 Å². The third-order valence-corrected chi connectivity index (χ3v) is 12.5. The number of hydrogen-bond acceptors (Lipinski definition) is 7. The van der Waals surface area contributed by atoms with Crippen molar-refractivity contribution in [1.82, 2.24) is 5.32 Å². The molecule has 1 N–H and O–H groups in total. The maximum atomic E-state index is 13.6. The van der Waals surface area contributed by atoms with Crippen molar-refractivity contribution in [2.45, 2.75) is 142 Å². The summed E-state index contributed by atoms with van der Waals surface area (Å²) >= 11 is 0. The molecule has 8 nitrogen and oxygen atoms in total. The van der Waals surface area contributed by atoms with Crippen LogP contribution in [0.5, 0.6) is 34.5 Å². The highest BCUT2D eigenvalue weighted by atomic mass is 16.5. The molecule has 0 heterocycles. The molecule has 8 heteroatoms. The predicted octanol–water partition coefficient (Wildman–Crippen LogP) is 15.0. The molecule has 0 saturated heterocycles. The van der Waals surface area contributed by atoms with Gasteiger partial charge in [-0.3, -0.25) is 4.79 Å². The summed E-state index contributed by atoms with van der Waals surface area (Å²) in [4.78, 5) is 13.6. The van der Waals surface area contributed by atoms with E-state index in [4.69, 9.17) is 28.4 Å². The minimum absolute atomic E-state index is 0.169. The Morgan fingerprint density at radius 2 is 0.708 bits per heavy atom. The van der Waals surface area contributed by atoms with Gasteiger partial charge in [-0.15, -0.1) is 0 Å². The van der Waals surface area contributed by atoms with E-state index in [2.05, 4.69) is 138 Å². The van der Waals surface area contributed by atoms with Gasteiger partial charge in [0.1, 0.15) is 34.5 Å². The molecule has 0 aliphatic carbocycles. The van der Waals surface area contributed by atoms with E-state index >= 15 is 0 Å². The largest absolute Gasteiger partial charge is 0.493 e. The quantitative estimate of drug-likeness (QED) is 0.0644. The van der Waals surface area contributed by atoms with Gasteiger partial charge in [-0.2, -0.15) is 0 Å². The number of amides is 1. The molecule has 0 bridgehead atoms. The zero-order valence-corrected chi connectivity index (χ0v) is 43.0. The summed E-state index contributed by atoms with van der Waals surface area (Å²) in [7, 11) is 0. The van der Waals surface area contributed by atoms with E-state index in [0.29, 0.717) is 98.8 Å². The van der Waals surface area contributed by atoms with Crippen LogP contribution in [0, 0.1) is 42.4 Å². The number of carbonyl (C=O) groups is 1. The van der Waals surface area contributed by atoms with Crippen LogP contribution in [0.2, 0.25) is 0 Å². The molecule has 0 fully saturated rings. The fourth-order valence-corrected chi connectivity index (χ4v) is 6.11. The lowest BCUT2D eigenvalue weighted by molar-refractivity contribution is 0.0948. The highest BCUT2D eigenvalue weighted by molar-refractivity contribution is 5.98. The number of nitrogens with one attached hydrogen (secondary N) is 1. The lowest BCUT2D eigenvalue weighted by Crippen LogP contribution is -2.25. The van der Waals surface area contributed by atoms with E-state index in [1.54, 1.807) is 0 Å². The van der Waals surface area contributed by atoms with Crippen molar-refractivity contribution in [1.29, 1.82) is 0 Å². The molecule has 6 atom stereocenters. The van der Waals surface area contributed by atoms with E-state index in [9.17, 15) is 4.79 Å². The maximum Gasteiger partial charge on any atom is 0.255 e. The van der Waals surface area contributed by atoms with Gasteiger partial charge in [-0.05, 0) is 90.8 Å². The Morgan fingerprint density at radius 1 is 0.431 bits per heavy atom. The van der Waals surface area contributed by atoms with Crippen molar-refractivity contribution < 1.29 is 33.2 Å². The highest BCUT2D eigenvalue weighted by Gasteiger charge is 2.20. The van der Waals surface area contributed by atoms with Crippen LogP contribution in [0.25, 0.3) is 24.3 Å². The molecule has 362 valence electrons. The molecule has 3 rings (SSSR count).